The molecule has 0 saturated heterocycles. The SMILES string of the molecule is CCOc1ccc(C(=O)N(Cc2ccco2)c2nc3c(C(C)C)cccc3s2)cc1. The minimum atomic E-state index is -0.125. The van der Waals surface area contributed by atoms with Gasteiger partial charge in [0, 0.05) is 5.56 Å². The van der Waals surface area contributed by atoms with Gasteiger partial charge >= 0.3 is 0 Å². The van der Waals surface area contributed by atoms with Crippen LogP contribution in [0, 0.1) is 0 Å². The first-order valence-electron chi connectivity index (χ1n) is 10.0. The molecule has 0 N–H and O–H groups in total. The Morgan fingerprint density at radius 2 is 1.93 bits per heavy atom. The van der Waals surface area contributed by atoms with Crippen LogP contribution in [0.25, 0.3) is 10.2 Å². The van der Waals surface area contributed by atoms with Crippen LogP contribution in [0.4, 0.5) is 5.13 Å². The molecule has 30 heavy (non-hydrogen) atoms. The van der Waals surface area contributed by atoms with Crippen molar-refractivity contribution in [3.63, 3.8) is 0 Å². The molecule has 2 aromatic carbocycles. The van der Waals surface area contributed by atoms with Crippen LogP contribution in [0.1, 0.15) is 48.4 Å². The van der Waals surface area contributed by atoms with Crippen LogP contribution in [0.15, 0.2) is 65.3 Å². The minimum absolute atomic E-state index is 0.125. The van der Waals surface area contributed by atoms with Crippen LogP contribution in [-0.4, -0.2) is 17.5 Å². The Labute approximate surface area is 179 Å². The number of furan rings is 1. The van der Waals surface area contributed by atoms with Crippen LogP contribution >= 0.6 is 11.3 Å². The summed E-state index contributed by atoms with van der Waals surface area (Å²) in [6.07, 6.45) is 1.62. The number of para-hydroxylation sites is 1. The van der Waals surface area contributed by atoms with E-state index < -0.39 is 0 Å². The number of ether oxygens (including phenoxy) is 1. The van der Waals surface area contributed by atoms with Gasteiger partial charge in [0.1, 0.15) is 11.5 Å². The van der Waals surface area contributed by atoms with E-state index in [0.29, 0.717) is 35.5 Å². The number of benzene rings is 2. The molecule has 2 heterocycles. The Morgan fingerprint density at radius 1 is 1.13 bits per heavy atom. The lowest BCUT2D eigenvalue weighted by Gasteiger charge is -2.19. The van der Waals surface area contributed by atoms with Crippen molar-refractivity contribution in [1.29, 1.82) is 0 Å². The van der Waals surface area contributed by atoms with Crippen molar-refractivity contribution in [2.24, 2.45) is 0 Å². The number of carbonyl (C=O) groups excluding carboxylic acids is 1. The van der Waals surface area contributed by atoms with E-state index in [1.165, 1.54) is 16.9 Å². The molecule has 0 atom stereocenters. The van der Waals surface area contributed by atoms with Crippen molar-refractivity contribution in [2.75, 3.05) is 11.5 Å². The lowest BCUT2D eigenvalue weighted by atomic mass is 10.0. The van der Waals surface area contributed by atoms with Gasteiger partial charge in [-0.25, -0.2) is 4.98 Å². The molecule has 0 aliphatic carbocycles. The number of anilines is 1. The van der Waals surface area contributed by atoms with Crippen LogP contribution in [-0.2, 0) is 6.54 Å². The van der Waals surface area contributed by atoms with Crippen molar-refractivity contribution in [2.45, 2.75) is 33.2 Å². The quantitative estimate of drug-likeness (QED) is 0.354. The fraction of sp³-hybridized carbons (Fsp3) is 0.250. The second-order valence-corrected chi connectivity index (χ2v) is 8.28. The number of carbonyl (C=O) groups is 1. The normalized spacial score (nSPS) is 11.2. The highest BCUT2D eigenvalue weighted by atomic mass is 32.1. The summed E-state index contributed by atoms with van der Waals surface area (Å²) in [4.78, 5) is 20.0. The van der Waals surface area contributed by atoms with Crippen molar-refractivity contribution in [3.8, 4) is 5.75 Å². The van der Waals surface area contributed by atoms with Crippen LogP contribution in [0.2, 0.25) is 0 Å². The largest absolute Gasteiger partial charge is 0.494 e. The highest BCUT2D eigenvalue weighted by Crippen LogP contribution is 2.34. The third kappa shape index (κ3) is 4.09. The van der Waals surface area contributed by atoms with Gasteiger partial charge in [-0.05, 0) is 60.9 Å². The van der Waals surface area contributed by atoms with Crippen LogP contribution in [0.5, 0.6) is 5.75 Å². The summed E-state index contributed by atoms with van der Waals surface area (Å²) in [5.41, 5.74) is 2.71. The maximum Gasteiger partial charge on any atom is 0.260 e. The van der Waals surface area contributed by atoms with Gasteiger partial charge in [0.05, 0.1) is 29.6 Å². The van der Waals surface area contributed by atoms with Gasteiger partial charge in [0.15, 0.2) is 5.13 Å². The van der Waals surface area contributed by atoms with E-state index in [9.17, 15) is 4.79 Å². The second-order valence-electron chi connectivity index (χ2n) is 7.27. The molecule has 1 amide bonds. The van der Waals surface area contributed by atoms with Gasteiger partial charge in [-0.1, -0.05) is 37.3 Å². The zero-order valence-electron chi connectivity index (χ0n) is 17.3. The Morgan fingerprint density at radius 3 is 2.60 bits per heavy atom. The lowest BCUT2D eigenvalue weighted by molar-refractivity contribution is 0.0983. The lowest BCUT2D eigenvalue weighted by Crippen LogP contribution is -2.30. The second kappa shape index (κ2) is 8.71. The van der Waals surface area contributed by atoms with Gasteiger partial charge in [-0.3, -0.25) is 9.69 Å². The summed E-state index contributed by atoms with van der Waals surface area (Å²) in [7, 11) is 0. The fourth-order valence-corrected chi connectivity index (χ4v) is 4.34. The first-order valence-corrected chi connectivity index (χ1v) is 10.8. The smallest absolute Gasteiger partial charge is 0.260 e. The maximum atomic E-state index is 13.4. The molecule has 0 aliphatic heterocycles. The first-order chi connectivity index (χ1) is 14.6. The summed E-state index contributed by atoms with van der Waals surface area (Å²) in [5.74, 6) is 1.68. The number of hydrogen-bond donors (Lipinski definition) is 0. The molecule has 2 aromatic heterocycles. The molecular formula is C24H24N2O3S. The Balaban J connectivity index is 1.74. The monoisotopic (exact) mass is 420 g/mol. The van der Waals surface area contributed by atoms with Gasteiger partial charge in [0.2, 0.25) is 0 Å². The summed E-state index contributed by atoms with van der Waals surface area (Å²) in [5, 5.41) is 0.661. The van der Waals surface area contributed by atoms with Gasteiger partial charge < -0.3 is 9.15 Å². The van der Waals surface area contributed by atoms with Crippen LogP contribution in [0.3, 0.4) is 0 Å². The molecule has 0 spiro atoms. The third-order valence-corrected chi connectivity index (χ3v) is 5.89. The highest BCUT2D eigenvalue weighted by Gasteiger charge is 2.23. The Kier molecular flexibility index (Phi) is 5.86. The molecule has 0 bridgehead atoms. The van der Waals surface area contributed by atoms with Crippen molar-refractivity contribution in [1.82, 2.24) is 4.98 Å². The number of aromatic nitrogens is 1. The fourth-order valence-electron chi connectivity index (χ4n) is 3.34. The summed E-state index contributed by atoms with van der Waals surface area (Å²) in [6.45, 7) is 7.14. The minimum Gasteiger partial charge on any atom is -0.494 e. The number of rotatable bonds is 7. The van der Waals surface area contributed by atoms with E-state index in [4.69, 9.17) is 14.1 Å². The van der Waals surface area contributed by atoms with E-state index in [1.54, 1.807) is 23.3 Å². The molecule has 0 unspecified atom stereocenters. The van der Waals surface area contributed by atoms with Crippen LogP contribution < -0.4 is 9.64 Å². The molecule has 0 saturated carbocycles. The molecule has 0 fully saturated rings. The number of nitrogens with zero attached hydrogens (tertiary/aromatic N) is 2. The zero-order valence-corrected chi connectivity index (χ0v) is 18.1. The zero-order chi connectivity index (χ0) is 21.1. The summed E-state index contributed by atoms with van der Waals surface area (Å²) < 4.78 is 12.1. The standard InChI is InChI=1S/C24H24N2O3S/c1-4-28-18-12-10-17(11-13-18)23(27)26(15-19-7-6-14-29-19)24-25-22-20(16(2)3)8-5-9-21(22)30-24/h5-14,16H,4,15H2,1-3H3. The first kappa shape index (κ1) is 20.2. The van der Waals surface area contributed by atoms with Gasteiger partial charge in [0.25, 0.3) is 5.91 Å². The number of hydrogen-bond acceptors (Lipinski definition) is 5. The molecular weight excluding hydrogens is 396 g/mol. The van der Waals surface area contributed by atoms with Crippen molar-refractivity contribution < 1.29 is 13.9 Å². The Hall–Kier alpha value is -3.12. The highest BCUT2D eigenvalue weighted by molar-refractivity contribution is 7.22. The topological polar surface area (TPSA) is 55.6 Å². The third-order valence-electron chi connectivity index (χ3n) is 4.84. The van der Waals surface area contributed by atoms with Crippen molar-refractivity contribution in [3.05, 3.63) is 77.7 Å². The number of thiazole rings is 1. The molecule has 0 aliphatic rings. The van der Waals surface area contributed by atoms with E-state index in [2.05, 4.69) is 26.0 Å². The average Bonchev–Trinajstić information content (AvgIpc) is 3.41. The molecule has 0 radical (unpaired) electrons. The van der Waals surface area contributed by atoms with E-state index >= 15 is 0 Å². The number of fused-ring (bicyclic) bond motifs is 1. The van der Waals surface area contributed by atoms with Gasteiger partial charge in [-0.2, -0.15) is 0 Å². The Bertz CT molecular complexity index is 1130. The molecule has 5 nitrogen and oxygen atoms in total. The number of amides is 1. The van der Waals surface area contributed by atoms with Gasteiger partial charge in [-0.15, -0.1) is 0 Å². The summed E-state index contributed by atoms with van der Waals surface area (Å²) >= 11 is 1.52. The molecule has 4 rings (SSSR count). The summed E-state index contributed by atoms with van der Waals surface area (Å²) in [6, 6.07) is 17.1. The maximum absolute atomic E-state index is 13.4. The molecule has 6 heteroatoms. The van der Waals surface area contributed by atoms with E-state index in [-0.39, 0.29) is 5.91 Å². The molecule has 4 aromatic rings. The van der Waals surface area contributed by atoms with Crippen molar-refractivity contribution >= 4 is 32.6 Å². The van der Waals surface area contributed by atoms with E-state index in [1.807, 2.05) is 37.3 Å². The molecule has 154 valence electrons. The van der Waals surface area contributed by atoms with E-state index in [0.717, 1.165) is 16.0 Å². The predicted octanol–water partition coefficient (Wildman–Crippen LogP) is 6.26. The predicted molar refractivity (Wildman–Crippen MR) is 121 cm³/mol. The average molecular weight is 421 g/mol.